The Morgan fingerprint density at radius 1 is 1.25 bits per heavy atom. The average Bonchev–Trinajstić information content (AvgIpc) is 2.45. The van der Waals surface area contributed by atoms with E-state index in [2.05, 4.69) is 19.8 Å². The number of hydrogen-bond acceptors (Lipinski definition) is 5. The minimum absolute atomic E-state index is 0.0722. The molecule has 0 spiro atoms. The van der Waals surface area contributed by atoms with Gasteiger partial charge in [0.2, 0.25) is 5.79 Å². The number of oxime groups is 1. The molecule has 0 N–H and O–H groups in total. The first-order valence-corrected chi connectivity index (χ1v) is 4.36. The lowest BCUT2D eigenvalue weighted by atomic mass is 10.2. The molecule has 0 aromatic rings. The molecule has 1 rings (SSSR count). The third kappa shape index (κ3) is 2.13. The van der Waals surface area contributed by atoms with Gasteiger partial charge >= 0.3 is 6.18 Å². The number of hydrogen-bond donors (Lipinski definition) is 0. The third-order valence-electron chi connectivity index (χ3n) is 2.15. The van der Waals surface area contributed by atoms with Gasteiger partial charge in [-0.05, 0) is 13.8 Å². The number of alkyl halides is 3. The predicted molar refractivity (Wildman–Crippen MR) is 46.2 cm³/mol. The first-order valence-electron chi connectivity index (χ1n) is 4.36. The molecule has 1 aliphatic heterocycles. The predicted octanol–water partition coefficient (Wildman–Crippen LogP) is 1.98. The molecule has 16 heavy (non-hydrogen) atoms. The molecule has 0 radical (unpaired) electrons. The van der Waals surface area contributed by atoms with Gasteiger partial charge in [-0.1, -0.05) is 5.16 Å². The fourth-order valence-electron chi connectivity index (χ4n) is 1.02. The SMILES string of the molecule is CO/N=C(\C)C1(C)OOC(C)(C(F)(F)F)O1. The lowest BCUT2D eigenvalue weighted by Crippen LogP contribution is -2.46. The molecule has 1 saturated heterocycles. The van der Waals surface area contributed by atoms with Crippen LogP contribution in [0.5, 0.6) is 0 Å². The van der Waals surface area contributed by atoms with E-state index in [9.17, 15) is 13.2 Å². The Hall–Kier alpha value is -0.860. The highest BCUT2D eigenvalue weighted by Crippen LogP contribution is 2.43. The Labute approximate surface area is 90.0 Å². The molecule has 94 valence electrons. The molecule has 1 aliphatic rings. The smallest absolute Gasteiger partial charge is 0.399 e. The number of nitrogens with zero attached hydrogens (tertiary/aromatic N) is 1. The van der Waals surface area contributed by atoms with Crippen molar-refractivity contribution in [3.63, 3.8) is 0 Å². The summed E-state index contributed by atoms with van der Waals surface area (Å²) in [5.74, 6) is -4.54. The fraction of sp³-hybridized carbons (Fsp3) is 0.875. The summed E-state index contributed by atoms with van der Waals surface area (Å²) in [7, 11) is 1.26. The second-order valence-electron chi connectivity index (χ2n) is 3.52. The van der Waals surface area contributed by atoms with E-state index in [0.29, 0.717) is 0 Å². The molecular weight excluding hydrogens is 231 g/mol. The number of ether oxygens (including phenoxy) is 1. The highest BCUT2D eigenvalue weighted by Gasteiger charge is 2.64. The van der Waals surface area contributed by atoms with Crippen molar-refractivity contribution >= 4 is 5.71 Å². The van der Waals surface area contributed by atoms with Crippen LogP contribution >= 0.6 is 0 Å². The third-order valence-corrected chi connectivity index (χ3v) is 2.15. The highest BCUT2D eigenvalue weighted by molar-refractivity contribution is 5.88. The maximum Gasteiger partial charge on any atom is 0.446 e. The summed E-state index contributed by atoms with van der Waals surface area (Å²) in [5, 5.41) is 3.45. The summed E-state index contributed by atoms with van der Waals surface area (Å²) in [5.41, 5.74) is 0.0722. The van der Waals surface area contributed by atoms with E-state index >= 15 is 0 Å². The summed E-state index contributed by atoms with van der Waals surface area (Å²) < 4.78 is 42.3. The standard InChI is InChI=1S/C8H12F3NO4/c1-5(12-13-4)6(2)14-7(3,16-15-6)8(9,10)11/h1-4H3/b12-5+. The molecule has 0 saturated carbocycles. The van der Waals surface area contributed by atoms with Gasteiger partial charge in [0.15, 0.2) is 0 Å². The quantitative estimate of drug-likeness (QED) is 0.422. The second-order valence-corrected chi connectivity index (χ2v) is 3.52. The van der Waals surface area contributed by atoms with Crippen LogP contribution in [0.15, 0.2) is 5.16 Å². The van der Waals surface area contributed by atoms with Crippen LogP contribution in [0.25, 0.3) is 0 Å². The molecule has 1 fully saturated rings. The van der Waals surface area contributed by atoms with Gasteiger partial charge in [-0.25, -0.2) is 0 Å². The highest BCUT2D eigenvalue weighted by atomic mass is 19.4. The van der Waals surface area contributed by atoms with Gasteiger partial charge < -0.3 is 4.84 Å². The zero-order chi connectivity index (χ0) is 12.6. The fourth-order valence-corrected chi connectivity index (χ4v) is 1.02. The minimum Gasteiger partial charge on any atom is -0.399 e. The van der Waals surface area contributed by atoms with Gasteiger partial charge in [0.05, 0.1) is 0 Å². The van der Waals surface area contributed by atoms with Crippen LogP contribution in [-0.2, 0) is 19.3 Å². The van der Waals surface area contributed by atoms with E-state index in [1.807, 2.05) is 0 Å². The van der Waals surface area contributed by atoms with E-state index in [4.69, 9.17) is 4.74 Å². The van der Waals surface area contributed by atoms with Gasteiger partial charge in [0.25, 0.3) is 5.79 Å². The van der Waals surface area contributed by atoms with Crippen LogP contribution in [-0.4, -0.2) is 30.6 Å². The minimum atomic E-state index is -4.71. The molecular formula is C8H12F3NO4. The van der Waals surface area contributed by atoms with Crippen LogP contribution < -0.4 is 0 Å². The van der Waals surface area contributed by atoms with E-state index < -0.39 is 17.8 Å². The molecule has 0 aromatic carbocycles. The van der Waals surface area contributed by atoms with Crippen LogP contribution in [0.2, 0.25) is 0 Å². The van der Waals surface area contributed by atoms with Gasteiger partial charge in [0, 0.05) is 6.92 Å². The van der Waals surface area contributed by atoms with Crippen molar-refractivity contribution in [1.82, 2.24) is 0 Å². The summed E-state index contributed by atoms with van der Waals surface area (Å²) >= 11 is 0. The van der Waals surface area contributed by atoms with Crippen LogP contribution in [0.3, 0.4) is 0 Å². The van der Waals surface area contributed by atoms with Crippen molar-refractivity contribution < 1.29 is 32.5 Å². The first kappa shape index (κ1) is 13.2. The molecule has 8 heteroatoms. The maximum absolute atomic E-state index is 12.5. The van der Waals surface area contributed by atoms with Crippen molar-refractivity contribution in [3.05, 3.63) is 0 Å². The molecule has 5 nitrogen and oxygen atoms in total. The van der Waals surface area contributed by atoms with Gasteiger partial charge in [-0.2, -0.15) is 22.9 Å². The van der Waals surface area contributed by atoms with Gasteiger partial charge in [-0.3, -0.25) is 4.74 Å². The summed E-state index contributed by atoms with van der Waals surface area (Å²) in [6.07, 6.45) is -4.71. The summed E-state index contributed by atoms with van der Waals surface area (Å²) in [6, 6.07) is 0. The first-order chi connectivity index (χ1) is 7.15. The zero-order valence-corrected chi connectivity index (χ0v) is 9.21. The van der Waals surface area contributed by atoms with Crippen molar-refractivity contribution in [3.8, 4) is 0 Å². The number of halogens is 3. The van der Waals surface area contributed by atoms with Crippen LogP contribution in [0, 0.1) is 0 Å². The molecule has 0 aliphatic carbocycles. The van der Waals surface area contributed by atoms with Crippen LogP contribution in [0.1, 0.15) is 20.8 Å². The van der Waals surface area contributed by atoms with Gasteiger partial charge in [-0.15, -0.1) is 0 Å². The normalized spacial score (nSPS) is 36.6. The van der Waals surface area contributed by atoms with Crippen molar-refractivity contribution in [2.24, 2.45) is 5.16 Å². The summed E-state index contributed by atoms with van der Waals surface area (Å²) in [6.45, 7) is 3.37. The molecule has 0 aromatic heterocycles. The van der Waals surface area contributed by atoms with E-state index in [-0.39, 0.29) is 5.71 Å². The topological polar surface area (TPSA) is 49.3 Å². The second kappa shape index (κ2) is 3.86. The molecule has 2 atom stereocenters. The van der Waals surface area contributed by atoms with E-state index in [1.165, 1.54) is 21.0 Å². The molecule has 0 amide bonds. The lowest BCUT2D eigenvalue weighted by molar-refractivity contribution is -0.404. The Bertz CT molecular complexity index is 306. The Morgan fingerprint density at radius 2 is 1.81 bits per heavy atom. The lowest BCUT2D eigenvalue weighted by Gasteiger charge is -2.25. The monoisotopic (exact) mass is 243 g/mol. The average molecular weight is 243 g/mol. The molecule has 2 unspecified atom stereocenters. The number of rotatable bonds is 2. The Morgan fingerprint density at radius 3 is 2.19 bits per heavy atom. The molecule has 1 heterocycles. The van der Waals surface area contributed by atoms with E-state index in [0.717, 1.165) is 6.92 Å². The van der Waals surface area contributed by atoms with Crippen molar-refractivity contribution in [2.45, 2.75) is 38.5 Å². The molecule has 0 bridgehead atoms. The maximum atomic E-state index is 12.5. The Balaban J connectivity index is 2.90. The zero-order valence-electron chi connectivity index (χ0n) is 9.21. The largest absolute Gasteiger partial charge is 0.446 e. The Kier molecular flexibility index (Phi) is 3.19. The van der Waals surface area contributed by atoms with Crippen LogP contribution in [0.4, 0.5) is 13.2 Å². The van der Waals surface area contributed by atoms with Gasteiger partial charge in [0.1, 0.15) is 12.8 Å². The van der Waals surface area contributed by atoms with Crippen molar-refractivity contribution in [2.75, 3.05) is 7.11 Å². The van der Waals surface area contributed by atoms with Crippen molar-refractivity contribution in [1.29, 1.82) is 0 Å². The summed E-state index contributed by atoms with van der Waals surface area (Å²) in [4.78, 5) is 13.2. The van der Waals surface area contributed by atoms with E-state index in [1.54, 1.807) is 0 Å².